The van der Waals surface area contributed by atoms with Crippen LogP contribution < -0.4 is 5.32 Å². The van der Waals surface area contributed by atoms with E-state index in [0.29, 0.717) is 30.0 Å². The predicted molar refractivity (Wildman–Crippen MR) is 127 cm³/mol. The number of thiophene rings is 1. The van der Waals surface area contributed by atoms with E-state index in [1.54, 1.807) is 30.4 Å². The molecule has 174 valence electrons. The lowest BCUT2D eigenvalue weighted by Gasteiger charge is -2.10. The van der Waals surface area contributed by atoms with Gasteiger partial charge in [-0.3, -0.25) is 9.59 Å². The van der Waals surface area contributed by atoms with Crippen LogP contribution in [0.3, 0.4) is 0 Å². The summed E-state index contributed by atoms with van der Waals surface area (Å²) in [6, 6.07) is 7.05. The van der Waals surface area contributed by atoms with E-state index in [2.05, 4.69) is 15.3 Å². The Labute approximate surface area is 200 Å². The van der Waals surface area contributed by atoms with Gasteiger partial charge >= 0.3 is 11.9 Å². The minimum atomic E-state index is -0.594. The van der Waals surface area contributed by atoms with Crippen molar-refractivity contribution in [3.05, 3.63) is 46.6 Å². The fraction of sp³-hybridized carbons (Fsp3) is 0.348. The zero-order valence-corrected chi connectivity index (χ0v) is 20.3. The normalized spacial score (nSPS) is 10.8. The summed E-state index contributed by atoms with van der Waals surface area (Å²) in [7, 11) is 0. The zero-order valence-electron chi connectivity index (χ0n) is 18.7. The van der Waals surface area contributed by atoms with E-state index in [1.807, 2.05) is 26.0 Å². The van der Waals surface area contributed by atoms with E-state index in [0.717, 1.165) is 20.8 Å². The van der Waals surface area contributed by atoms with E-state index < -0.39 is 18.5 Å². The molecule has 0 saturated heterocycles. The van der Waals surface area contributed by atoms with Crippen LogP contribution in [0.2, 0.25) is 0 Å². The van der Waals surface area contributed by atoms with Crippen LogP contribution in [0, 0.1) is 13.8 Å². The summed E-state index contributed by atoms with van der Waals surface area (Å²) < 4.78 is 10.0. The molecule has 0 bridgehead atoms. The smallest absolute Gasteiger partial charge is 0.339 e. The molecular weight excluding hydrogens is 462 g/mol. The second kappa shape index (κ2) is 11.8. The number of benzene rings is 1. The van der Waals surface area contributed by atoms with Gasteiger partial charge in [0.25, 0.3) is 5.91 Å². The van der Waals surface area contributed by atoms with Crippen LogP contribution in [0.15, 0.2) is 40.5 Å². The monoisotopic (exact) mass is 487 g/mol. The number of esters is 2. The molecule has 0 atom stereocenters. The predicted octanol–water partition coefficient (Wildman–Crippen LogP) is 4.08. The van der Waals surface area contributed by atoms with Crippen molar-refractivity contribution < 1.29 is 23.9 Å². The lowest BCUT2D eigenvalue weighted by molar-refractivity contribution is -0.143. The van der Waals surface area contributed by atoms with E-state index in [9.17, 15) is 14.4 Å². The highest BCUT2D eigenvalue weighted by molar-refractivity contribution is 7.99. The van der Waals surface area contributed by atoms with Crippen LogP contribution in [0.5, 0.6) is 0 Å². The minimum absolute atomic E-state index is 0.220. The first-order chi connectivity index (χ1) is 15.9. The number of hydrogen-bond acceptors (Lipinski definition) is 9. The van der Waals surface area contributed by atoms with Crippen molar-refractivity contribution in [2.45, 2.75) is 43.5 Å². The van der Waals surface area contributed by atoms with Crippen LogP contribution in [-0.2, 0) is 19.1 Å². The molecule has 1 amide bonds. The lowest BCUT2D eigenvalue weighted by Crippen LogP contribution is -2.30. The van der Waals surface area contributed by atoms with Gasteiger partial charge in [0.15, 0.2) is 6.61 Å². The number of nitrogens with zero attached hydrogens (tertiary/aromatic N) is 2. The second-order valence-corrected chi connectivity index (χ2v) is 9.31. The Hall–Kier alpha value is -2.98. The van der Waals surface area contributed by atoms with Crippen molar-refractivity contribution in [1.82, 2.24) is 15.3 Å². The molecule has 3 rings (SSSR count). The third-order valence-electron chi connectivity index (χ3n) is 4.76. The summed E-state index contributed by atoms with van der Waals surface area (Å²) in [5, 5.41) is 4.37. The van der Waals surface area contributed by atoms with Crippen molar-refractivity contribution in [2.75, 3.05) is 19.8 Å². The number of ether oxygens (including phenoxy) is 2. The molecular formula is C23H25N3O5S2. The number of carbonyl (C=O) groups excluding carboxylic acids is 3. The minimum Gasteiger partial charge on any atom is -0.466 e. The van der Waals surface area contributed by atoms with Gasteiger partial charge in [0, 0.05) is 28.1 Å². The molecule has 1 N–H and O–H groups in total. The average molecular weight is 488 g/mol. The van der Waals surface area contributed by atoms with Crippen LogP contribution in [0.25, 0.3) is 10.2 Å². The van der Waals surface area contributed by atoms with Crippen molar-refractivity contribution >= 4 is 51.2 Å². The SMILES string of the molecule is CCOC(=O)CCCNC(=O)COC(=O)c1ccccc1Sc1ncnc2sc(C)c(C)c12. The van der Waals surface area contributed by atoms with Gasteiger partial charge in [-0.25, -0.2) is 14.8 Å². The Morgan fingerprint density at radius 2 is 1.91 bits per heavy atom. The molecule has 33 heavy (non-hydrogen) atoms. The van der Waals surface area contributed by atoms with Crippen molar-refractivity contribution in [3.63, 3.8) is 0 Å². The Balaban J connectivity index is 1.60. The third-order valence-corrected chi connectivity index (χ3v) is 6.96. The first-order valence-electron chi connectivity index (χ1n) is 10.5. The van der Waals surface area contributed by atoms with Gasteiger partial charge in [0.2, 0.25) is 0 Å². The first kappa shape index (κ1) is 24.7. The molecule has 0 unspecified atom stereocenters. The molecule has 0 saturated carbocycles. The summed E-state index contributed by atoms with van der Waals surface area (Å²) >= 11 is 2.98. The maximum absolute atomic E-state index is 12.7. The van der Waals surface area contributed by atoms with Crippen LogP contribution in [0.4, 0.5) is 0 Å². The average Bonchev–Trinajstić information content (AvgIpc) is 3.10. The molecule has 8 nitrogen and oxygen atoms in total. The lowest BCUT2D eigenvalue weighted by atomic mass is 10.2. The van der Waals surface area contributed by atoms with Gasteiger partial charge in [-0.15, -0.1) is 11.3 Å². The van der Waals surface area contributed by atoms with Gasteiger partial charge in [0.1, 0.15) is 16.2 Å². The summed E-state index contributed by atoms with van der Waals surface area (Å²) in [5.74, 6) is -1.33. The van der Waals surface area contributed by atoms with Gasteiger partial charge in [0.05, 0.1) is 12.2 Å². The number of rotatable bonds is 10. The summed E-state index contributed by atoms with van der Waals surface area (Å²) in [5.41, 5.74) is 1.48. The number of carbonyl (C=O) groups is 3. The fourth-order valence-corrected chi connectivity index (χ4v) is 5.14. The summed E-state index contributed by atoms with van der Waals surface area (Å²) in [4.78, 5) is 47.5. The highest BCUT2D eigenvalue weighted by Crippen LogP contribution is 2.38. The molecule has 0 radical (unpaired) electrons. The molecule has 0 aliphatic rings. The zero-order chi connectivity index (χ0) is 23.8. The van der Waals surface area contributed by atoms with Crippen LogP contribution >= 0.6 is 23.1 Å². The van der Waals surface area contributed by atoms with Crippen LogP contribution in [-0.4, -0.2) is 47.6 Å². The summed E-state index contributed by atoms with van der Waals surface area (Å²) in [6.45, 7) is 6.04. The molecule has 0 fully saturated rings. The fourth-order valence-electron chi connectivity index (χ4n) is 3.01. The first-order valence-corrected chi connectivity index (χ1v) is 12.1. The Morgan fingerprint density at radius 1 is 1.12 bits per heavy atom. The maximum Gasteiger partial charge on any atom is 0.339 e. The van der Waals surface area contributed by atoms with E-state index in [1.165, 1.54) is 23.0 Å². The number of hydrogen-bond donors (Lipinski definition) is 1. The molecule has 1 aromatic carbocycles. The molecule has 2 aromatic heterocycles. The van der Waals surface area contributed by atoms with Crippen LogP contribution in [0.1, 0.15) is 40.6 Å². The number of fused-ring (bicyclic) bond motifs is 1. The van der Waals surface area contributed by atoms with Gasteiger partial charge < -0.3 is 14.8 Å². The number of nitrogens with one attached hydrogen (secondary N) is 1. The maximum atomic E-state index is 12.7. The topological polar surface area (TPSA) is 107 Å². The van der Waals surface area contributed by atoms with Crippen molar-refractivity contribution in [3.8, 4) is 0 Å². The summed E-state index contributed by atoms with van der Waals surface area (Å²) in [6.07, 6.45) is 2.19. The quantitative estimate of drug-likeness (QED) is 0.259. The van der Waals surface area contributed by atoms with Gasteiger partial charge in [-0.2, -0.15) is 0 Å². The van der Waals surface area contributed by atoms with E-state index >= 15 is 0 Å². The number of amides is 1. The number of aromatic nitrogens is 2. The second-order valence-electron chi connectivity index (χ2n) is 7.08. The highest BCUT2D eigenvalue weighted by atomic mass is 32.2. The molecule has 0 aliphatic heterocycles. The highest BCUT2D eigenvalue weighted by Gasteiger charge is 2.18. The van der Waals surface area contributed by atoms with Crippen molar-refractivity contribution in [2.24, 2.45) is 0 Å². The Morgan fingerprint density at radius 3 is 2.70 bits per heavy atom. The van der Waals surface area contributed by atoms with E-state index in [-0.39, 0.29) is 12.4 Å². The number of aryl methyl sites for hydroxylation is 2. The molecule has 0 spiro atoms. The standard InChI is InChI=1S/C23H25N3O5S2/c1-4-30-19(28)10-7-11-24-18(27)12-31-23(29)16-8-5-6-9-17(16)33-22-20-14(2)15(3)32-21(20)25-13-26-22/h5-6,8-9,13H,4,7,10-12H2,1-3H3,(H,24,27). The Bertz CT molecular complexity index is 1160. The molecule has 10 heteroatoms. The largest absolute Gasteiger partial charge is 0.466 e. The van der Waals surface area contributed by atoms with Crippen molar-refractivity contribution in [1.29, 1.82) is 0 Å². The molecule has 0 aliphatic carbocycles. The molecule has 3 aromatic rings. The third kappa shape index (κ3) is 6.52. The Kier molecular flexibility index (Phi) is 8.79. The van der Waals surface area contributed by atoms with Gasteiger partial charge in [-0.05, 0) is 44.9 Å². The molecule has 2 heterocycles. The van der Waals surface area contributed by atoms with E-state index in [4.69, 9.17) is 9.47 Å². The van der Waals surface area contributed by atoms with Gasteiger partial charge in [-0.1, -0.05) is 23.9 Å².